The van der Waals surface area contributed by atoms with E-state index in [9.17, 15) is 0 Å². The zero-order chi connectivity index (χ0) is 32.8. The number of benzene rings is 6. The Morgan fingerprint density at radius 2 is 1.06 bits per heavy atom. The smallest absolute Gasteiger partial charge is 0.145 e. The maximum absolute atomic E-state index is 6.64. The van der Waals surface area contributed by atoms with Crippen LogP contribution in [0.2, 0.25) is 0 Å². The molecule has 234 valence electrons. The molecule has 6 aromatic carbocycles. The molecule has 0 bridgehead atoms. The van der Waals surface area contributed by atoms with Crippen molar-refractivity contribution in [2.45, 2.75) is 0 Å². The van der Waals surface area contributed by atoms with E-state index in [1.165, 1.54) is 27.1 Å². The summed E-state index contributed by atoms with van der Waals surface area (Å²) in [6, 6.07) is 51.1. The molecule has 0 aliphatic rings. The molecule has 50 heavy (non-hydrogen) atoms. The highest BCUT2D eigenvalue weighted by Gasteiger charge is 2.19. The zero-order valence-electron chi connectivity index (χ0n) is 26.7. The lowest BCUT2D eigenvalue weighted by molar-refractivity contribution is 0.484. The van der Waals surface area contributed by atoms with Gasteiger partial charge < -0.3 is 9.30 Å². The van der Waals surface area contributed by atoms with Gasteiger partial charge in [-0.3, -0.25) is 8.97 Å². The SMILES string of the molecule is c1ccc(-n2c3ccccc3c3cc4c5ccc(Oc6ccc7c8ccccc8n8ccnc8c7c6)cc5n(-c5ccccn5)c4cc32)cc1. The molecule has 0 unspecified atom stereocenters. The third-order valence-electron chi connectivity index (χ3n) is 9.99. The molecule has 5 aromatic heterocycles. The van der Waals surface area contributed by atoms with Crippen LogP contribution in [0.5, 0.6) is 11.5 Å². The number of hydrogen-bond acceptors (Lipinski definition) is 3. The van der Waals surface area contributed by atoms with Gasteiger partial charge in [-0.05, 0) is 84.2 Å². The summed E-state index contributed by atoms with van der Waals surface area (Å²) in [5.41, 5.74) is 7.62. The van der Waals surface area contributed by atoms with Gasteiger partial charge in [0, 0.05) is 62.7 Å². The Kier molecular flexibility index (Phi) is 5.57. The number of pyridine rings is 2. The van der Waals surface area contributed by atoms with Crippen LogP contribution in [-0.2, 0) is 0 Å². The van der Waals surface area contributed by atoms with Gasteiger partial charge in [0.05, 0.1) is 27.6 Å². The average molecular weight is 642 g/mol. The van der Waals surface area contributed by atoms with Crippen molar-refractivity contribution < 1.29 is 4.74 Å². The second-order valence-electron chi connectivity index (χ2n) is 12.7. The average Bonchev–Trinajstić information content (AvgIpc) is 3.88. The van der Waals surface area contributed by atoms with Gasteiger partial charge in [-0.1, -0.05) is 60.7 Å². The number of ether oxygens (including phenoxy) is 1. The Morgan fingerprint density at radius 3 is 1.88 bits per heavy atom. The molecular weight excluding hydrogens is 615 g/mol. The minimum Gasteiger partial charge on any atom is -0.457 e. The van der Waals surface area contributed by atoms with Crippen molar-refractivity contribution in [3.63, 3.8) is 0 Å². The van der Waals surface area contributed by atoms with Crippen molar-refractivity contribution in [3.05, 3.63) is 164 Å². The molecule has 0 atom stereocenters. The van der Waals surface area contributed by atoms with Crippen LogP contribution in [0.1, 0.15) is 0 Å². The van der Waals surface area contributed by atoms with Gasteiger partial charge >= 0.3 is 0 Å². The van der Waals surface area contributed by atoms with Crippen LogP contribution in [0.15, 0.2) is 164 Å². The lowest BCUT2D eigenvalue weighted by Crippen LogP contribution is -1.97. The minimum atomic E-state index is 0.751. The predicted octanol–water partition coefficient (Wildman–Crippen LogP) is 11.0. The van der Waals surface area contributed by atoms with Crippen LogP contribution in [0.25, 0.3) is 82.4 Å². The molecule has 5 heterocycles. The molecule has 0 amide bonds. The molecule has 11 rings (SSSR count). The van der Waals surface area contributed by atoms with E-state index in [1.807, 2.05) is 36.8 Å². The van der Waals surface area contributed by atoms with Crippen molar-refractivity contribution in [1.82, 2.24) is 23.5 Å². The monoisotopic (exact) mass is 641 g/mol. The molecule has 6 heteroatoms. The Bertz CT molecular complexity index is 3120. The molecule has 0 spiro atoms. The first-order chi connectivity index (χ1) is 24.8. The normalized spacial score (nSPS) is 12.0. The van der Waals surface area contributed by atoms with Gasteiger partial charge in [-0.25, -0.2) is 9.97 Å². The third-order valence-corrected chi connectivity index (χ3v) is 9.99. The zero-order valence-corrected chi connectivity index (χ0v) is 26.7. The first kappa shape index (κ1) is 27.1. The van der Waals surface area contributed by atoms with Crippen molar-refractivity contribution >= 4 is 70.9 Å². The van der Waals surface area contributed by atoms with Crippen LogP contribution in [0.3, 0.4) is 0 Å². The van der Waals surface area contributed by atoms with Crippen LogP contribution in [-0.4, -0.2) is 23.5 Å². The highest BCUT2D eigenvalue weighted by molar-refractivity contribution is 6.19. The summed E-state index contributed by atoms with van der Waals surface area (Å²) in [6.45, 7) is 0. The summed E-state index contributed by atoms with van der Waals surface area (Å²) in [4.78, 5) is 9.54. The standard InChI is InChI=1S/C44H27N5O/c1-2-10-28(11-3-1)48-39-15-7-5-13-33(39)35-26-36-34-20-18-30(25-40(34)49(42(36)27-41(35)48)43-16-8-9-21-45-43)50-29-17-19-31-32-12-4-6-14-38(32)47-23-22-46-44(47)37(31)24-29/h1-27H. The maximum Gasteiger partial charge on any atom is 0.145 e. The minimum absolute atomic E-state index is 0.751. The Hall–Kier alpha value is -6.92. The fourth-order valence-electron chi connectivity index (χ4n) is 7.86. The number of nitrogens with zero attached hydrogens (tertiary/aromatic N) is 5. The van der Waals surface area contributed by atoms with Crippen molar-refractivity contribution in [1.29, 1.82) is 0 Å². The fraction of sp³-hybridized carbons (Fsp3) is 0. The Balaban J connectivity index is 1.13. The summed E-state index contributed by atoms with van der Waals surface area (Å²) in [6.07, 6.45) is 5.72. The number of rotatable bonds is 4. The molecular formula is C44H27N5O. The van der Waals surface area contributed by atoms with E-state index in [-0.39, 0.29) is 0 Å². The number of para-hydroxylation sites is 3. The number of imidazole rings is 1. The second kappa shape index (κ2) is 10.3. The Morgan fingerprint density at radius 1 is 0.400 bits per heavy atom. The van der Waals surface area contributed by atoms with Gasteiger partial charge in [-0.2, -0.15) is 0 Å². The fourth-order valence-corrected chi connectivity index (χ4v) is 7.86. The molecule has 0 aliphatic heterocycles. The molecule has 0 aliphatic carbocycles. The topological polar surface area (TPSA) is 49.3 Å². The van der Waals surface area contributed by atoms with E-state index in [4.69, 9.17) is 14.7 Å². The van der Waals surface area contributed by atoms with Crippen LogP contribution >= 0.6 is 0 Å². The van der Waals surface area contributed by atoms with E-state index in [0.717, 1.165) is 66.9 Å². The lowest BCUT2D eigenvalue weighted by Gasteiger charge is -2.12. The van der Waals surface area contributed by atoms with E-state index < -0.39 is 0 Å². The highest BCUT2D eigenvalue weighted by atomic mass is 16.5. The van der Waals surface area contributed by atoms with Gasteiger partial charge in [-0.15, -0.1) is 0 Å². The van der Waals surface area contributed by atoms with Crippen LogP contribution < -0.4 is 4.74 Å². The quantitative estimate of drug-likeness (QED) is 0.180. The number of fused-ring (bicyclic) bond motifs is 12. The first-order valence-corrected chi connectivity index (χ1v) is 16.7. The van der Waals surface area contributed by atoms with Crippen molar-refractivity contribution in [3.8, 4) is 23.0 Å². The predicted molar refractivity (Wildman–Crippen MR) is 203 cm³/mol. The first-order valence-electron chi connectivity index (χ1n) is 16.7. The summed E-state index contributed by atoms with van der Waals surface area (Å²) < 4.78 is 13.4. The van der Waals surface area contributed by atoms with Crippen LogP contribution in [0, 0.1) is 0 Å². The summed E-state index contributed by atoms with van der Waals surface area (Å²) in [7, 11) is 0. The highest BCUT2D eigenvalue weighted by Crippen LogP contribution is 2.41. The summed E-state index contributed by atoms with van der Waals surface area (Å²) >= 11 is 0. The summed E-state index contributed by atoms with van der Waals surface area (Å²) in [5.74, 6) is 2.36. The summed E-state index contributed by atoms with van der Waals surface area (Å²) in [5, 5.41) is 8.12. The molecule has 6 nitrogen and oxygen atoms in total. The van der Waals surface area contributed by atoms with E-state index in [0.29, 0.717) is 0 Å². The van der Waals surface area contributed by atoms with E-state index in [2.05, 4.69) is 141 Å². The van der Waals surface area contributed by atoms with Crippen molar-refractivity contribution in [2.75, 3.05) is 0 Å². The molecule has 0 saturated heterocycles. The largest absolute Gasteiger partial charge is 0.457 e. The maximum atomic E-state index is 6.64. The van der Waals surface area contributed by atoms with Gasteiger partial charge in [0.2, 0.25) is 0 Å². The molecule has 0 N–H and O–H groups in total. The lowest BCUT2D eigenvalue weighted by atomic mass is 10.1. The van der Waals surface area contributed by atoms with Crippen LogP contribution in [0.4, 0.5) is 0 Å². The van der Waals surface area contributed by atoms with Gasteiger partial charge in [0.1, 0.15) is 23.0 Å². The van der Waals surface area contributed by atoms with E-state index >= 15 is 0 Å². The Labute approximate surface area is 285 Å². The molecule has 0 radical (unpaired) electrons. The third kappa shape index (κ3) is 3.84. The van der Waals surface area contributed by atoms with Gasteiger partial charge in [0.25, 0.3) is 0 Å². The molecule has 0 saturated carbocycles. The second-order valence-corrected chi connectivity index (χ2v) is 12.7. The molecule has 0 fully saturated rings. The number of hydrogen-bond donors (Lipinski definition) is 0. The van der Waals surface area contributed by atoms with E-state index in [1.54, 1.807) is 0 Å². The number of aromatic nitrogens is 5. The molecule has 11 aromatic rings. The van der Waals surface area contributed by atoms with Crippen molar-refractivity contribution in [2.24, 2.45) is 0 Å². The van der Waals surface area contributed by atoms with Gasteiger partial charge in [0.15, 0.2) is 0 Å².